The van der Waals surface area contributed by atoms with Crippen molar-refractivity contribution < 1.29 is 14.3 Å². The number of hydrogen-bond acceptors (Lipinski definition) is 4. The van der Waals surface area contributed by atoms with E-state index in [1.54, 1.807) is 12.1 Å². The molecule has 2 rings (SSSR count). The molecule has 1 aromatic carbocycles. The van der Waals surface area contributed by atoms with Crippen molar-refractivity contribution >= 4 is 17.5 Å². The predicted molar refractivity (Wildman–Crippen MR) is 108 cm³/mol. The third kappa shape index (κ3) is 7.21. The number of nitrogens with one attached hydrogen (secondary N) is 2. The van der Waals surface area contributed by atoms with Gasteiger partial charge in [0.15, 0.2) is 6.10 Å². The molecule has 1 atom stereocenters. The predicted octanol–water partition coefficient (Wildman–Crippen LogP) is 2.90. The van der Waals surface area contributed by atoms with Gasteiger partial charge in [-0.1, -0.05) is 39.8 Å². The molecule has 0 bridgehead atoms. The lowest BCUT2D eigenvalue weighted by atomic mass is 10.1. The zero-order valence-corrected chi connectivity index (χ0v) is 17.0. The van der Waals surface area contributed by atoms with Crippen molar-refractivity contribution in [2.45, 2.75) is 46.6 Å². The van der Waals surface area contributed by atoms with Crippen LogP contribution < -0.4 is 15.4 Å². The highest BCUT2D eigenvalue weighted by molar-refractivity contribution is 5.99. The van der Waals surface area contributed by atoms with Gasteiger partial charge in [0.05, 0.1) is 12.1 Å². The van der Waals surface area contributed by atoms with Crippen LogP contribution in [-0.2, 0) is 9.59 Å². The summed E-state index contributed by atoms with van der Waals surface area (Å²) in [5, 5.41) is 5.69. The van der Waals surface area contributed by atoms with E-state index in [9.17, 15) is 9.59 Å². The molecule has 1 aromatic rings. The minimum atomic E-state index is -0.779. The molecule has 0 fully saturated rings. The maximum atomic E-state index is 12.2. The van der Waals surface area contributed by atoms with Crippen LogP contribution in [0.1, 0.15) is 40.5 Å². The first kappa shape index (κ1) is 21.2. The van der Waals surface area contributed by atoms with Crippen molar-refractivity contribution in [1.82, 2.24) is 10.2 Å². The molecule has 6 nitrogen and oxygen atoms in total. The Morgan fingerprint density at radius 3 is 2.52 bits per heavy atom. The maximum absolute atomic E-state index is 12.2. The molecule has 27 heavy (non-hydrogen) atoms. The highest BCUT2D eigenvalue weighted by Crippen LogP contribution is 2.29. The van der Waals surface area contributed by atoms with E-state index in [1.807, 2.05) is 12.1 Å². The van der Waals surface area contributed by atoms with E-state index >= 15 is 0 Å². The molecule has 2 N–H and O–H groups in total. The number of fused-ring (bicyclic) bond motifs is 1. The SMILES string of the molecule is CC(C)CN(CCCNC(=O)C[C@@H]1Oc2ccccc2NC1=O)CC(C)C. The van der Waals surface area contributed by atoms with E-state index in [1.165, 1.54) is 0 Å². The Hall–Kier alpha value is -2.08. The summed E-state index contributed by atoms with van der Waals surface area (Å²) in [7, 11) is 0. The summed E-state index contributed by atoms with van der Waals surface area (Å²) in [5.74, 6) is 1.43. The summed E-state index contributed by atoms with van der Waals surface area (Å²) in [6.45, 7) is 12.6. The quantitative estimate of drug-likeness (QED) is 0.617. The third-order valence-corrected chi connectivity index (χ3v) is 4.30. The van der Waals surface area contributed by atoms with E-state index < -0.39 is 6.10 Å². The smallest absolute Gasteiger partial charge is 0.266 e. The number of benzene rings is 1. The van der Waals surface area contributed by atoms with Gasteiger partial charge in [0.2, 0.25) is 5.91 Å². The Bertz CT molecular complexity index is 621. The van der Waals surface area contributed by atoms with E-state index in [0.717, 1.165) is 26.1 Å². The lowest BCUT2D eigenvalue weighted by molar-refractivity contribution is -0.130. The second-order valence-corrected chi connectivity index (χ2v) is 8.05. The van der Waals surface area contributed by atoms with Gasteiger partial charge in [-0.05, 0) is 36.9 Å². The first-order valence-electron chi connectivity index (χ1n) is 9.90. The van der Waals surface area contributed by atoms with Crippen molar-refractivity contribution in [3.8, 4) is 5.75 Å². The van der Waals surface area contributed by atoms with Gasteiger partial charge in [0.25, 0.3) is 5.91 Å². The van der Waals surface area contributed by atoms with Gasteiger partial charge in [0.1, 0.15) is 5.75 Å². The molecular weight excluding hydrogens is 342 g/mol. The van der Waals surface area contributed by atoms with E-state index in [2.05, 4.69) is 43.2 Å². The summed E-state index contributed by atoms with van der Waals surface area (Å²) in [5.41, 5.74) is 0.648. The number of amides is 2. The van der Waals surface area contributed by atoms with Gasteiger partial charge in [0, 0.05) is 19.6 Å². The average Bonchev–Trinajstić information content (AvgIpc) is 2.58. The molecule has 0 radical (unpaired) electrons. The van der Waals surface area contributed by atoms with Crippen molar-refractivity contribution in [2.24, 2.45) is 11.8 Å². The minimum Gasteiger partial charge on any atom is -0.478 e. The first-order chi connectivity index (χ1) is 12.8. The molecule has 0 aliphatic carbocycles. The Morgan fingerprint density at radius 2 is 1.85 bits per heavy atom. The van der Waals surface area contributed by atoms with Crippen LogP contribution in [0.3, 0.4) is 0 Å². The van der Waals surface area contributed by atoms with Gasteiger partial charge in [-0.3, -0.25) is 9.59 Å². The molecule has 6 heteroatoms. The van der Waals surface area contributed by atoms with Crippen molar-refractivity contribution in [3.63, 3.8) is 0 Å². The van der Waals surface area contributed by atoms with Crippen LogP contribution in [-0.4, -0.2) is 49.0 Å². The molecular formula is C21H33N3O3. The van der Waals surface area contributed by atoms with Crippen LogP contribution in [0.25, 0.3) is 0 Å². The number of carbonyl (C=O) groups excluding carboxylic acids is 2. The standard InChI is InChI=1S/C21H33N3O3/c1-15(2)13-24(14-16(3)4)11-7-10-22-20(25)12-19-21(26)23-17-8-5-6-9-18(17)27-19/h5-6,8-9,15-16,19H,7,10-14H2,1-4H3,(H,22,25)(H,23,26)/t19-/m0/s1. The highest BCUT2D eigenvalue weighted by Gasteiger charge is 2.29. The van der Waals surface area contributed by atoms with Crippen LogP contribution in [0.2, 0.25) is 0 Å². The van der Waals surface area contributed by atoms with Crippen LogP contribution in [0.4, 0.5) is 5.69 Å². The Labute approximate surface area is 162 Å². The average molecular weight is 376 g/mol. The molecule has 1 aliphatic rings. The summed E-state index contributed by atoms with van der Waals surface area (Å²) >= 11 is 0. The molecule has 0 unspecified atom stereocenters. The number of hydrogen-bond donors (Lipinski definition) is 2. The fraction of sp³-hybridized carbons (Fsp3) is 0.619. The summed E-state index contributed by atoms with van der Waals surface area (Å²) in [6.07, 6.45) is 0.145. The molecule has 0 spiro atoms. The van der Waals surface area contributed by atoms with Gasteiger partial charge >= 0.3 is 0 Å². The van der Waals surface area contributed by atoms with Crippen LogP contribution in [0, 0.1) is 11.8 Å². The van der Waals surface area contributed by atoms with E-state index in [-0.39, 0.29) is 18.2 Å². The molecule has 1 aliphatic heterocycles. The van der Waals surface area contributed by atoms with E-state index in [0.29, 0.717) is 29.8 Å². The maximum Gasteiger partial charge on any atom is 0.266 e. The topological polar surface area (TPSA) is 70.7 Å². The van der Waals surface area contributed by atoms with Crippen LogP contribution in [0.15, 0.2) is 24.3 Å². The van der Waals surface area contributed by atoms with Crippen LogP contribution >= 0.6 is 0 Å². The van der Waals surface area contributed by atoms with Crippen molar-refractivity contribution in [1.29, 1.82) is 0 Å². The van der Waals surface area contributed by atoms with Crippen molar-refractivity contribution in [3.05, 3.63) is 24.3 Å². The fourth-order valence-corrected chi connectivity index (χ4v) is 3.29. The summed E-state index contributed by atoms with van der Waals surface area (Å²) < 4.78 is 5.67. The summed E-state index contributed by atoms with van der Waals surface area (Å²) in [4.78, 5) is 26.7. The highest BCUT2D eigenvalue weighted by atomic mass is 16.5. The lowest BCUT2D eigenvalue weighted by Gasteiger charge is -2.26. The second kappa shape index (κ2) is 10.3. The monoisotopic (exact) mass is 375 g/mol. The molecule has 150 valence electrons. The molecule has 2 amide bonds. The number of carbonyl (C=O) groups is 2. The zero-order chi connectivity index (χ0) is 19.8. The van der Waals surface area contributed by atoms with Gasteiger partial charge in [-0.2, -0.15) is 0 Å². The largest absolute Gasteiger partial charge is 0.478 e. The zero-order valence-electron chi connectivity index (χ0n) is 17.0. The fourth-order valence-electron chi connectivity index (χ4n) is 3.29. The number of rotatable bonds is 10. The van der Waals surface area contributed by atoms with Crippen molar-refractivity contribution in [2.75, 3.05) is 31.5 Å². The first-order valence-corrected chi connectivity index (χ1v) is 9.90. The van der Waals surface area contributed by atoms with Gasteiger partial charge in [-0.15, -0.1) is 0 Å². The normalized spacial score (nSPS) is 16.3. The Kier molecular flexibility index (Phi) is 8.10. The number of nitrogens with zero attached hydrogens (tertiary/aromatic N) is 1. The lowest BCUT2D eigenvalue weighted by Crippen LogP contribution is -2.41. The minimum absolute atomic E-state index is 0.0296. The number of ether oxygens (including phenoxy) is 1. The number of para-hydroxylation sites is 2. The second-order valence-electron chi connectivity index (χ2n) is 8.05. The number of anilines is 1. The Balaban J connectivity index is 1.72. The van der Waals surface area contributed by atoms with Crippen LogP contribution in [0.5, 0.6) is 5.75 Å². The molecule has 0 aromatic heterocycles. The summed E-state index contributed by atoms with van der Waals surface area (Å²) in [6, 6.07) is 7.24. The molecule has 0 saturated carbocycles. The van der Waals surface area contributed by atoms with Gasteiger partial charge in [-0.25, -0.2) is 0 Å². The third-order valence-electron chi connectivity index (χ3n) is 4.30. The van der Waals surface area contributed by atoms with E-state index in [4.69, 9.17) is 4.74 Å². The molecule has 1 heterocycles. The van der Waals surface area contributed by atoms with Gasteiger partial charge < -0.3 is 20.3 Å². The molecule has 0 saturated heterocycles. The Morgan fingerprint density at radius 1 is 1.19 bits per heavy atom.